The summed E-state index contributed by atoms with van der Waals surface area (Å²) in [5.41, 5.74) is 19.6. The van der Waals surface area contributed by atoms with E-state index in [0.717, 1.165) is 33.5 Å². The van der Waals surface area contributed by atoms with E-state index in [1.807, 2.05) is 39.8 Å². The van der Waals surface area contributed by atoms with Gasteiger partial charge in [-0.1, -0.05) is 6.07 Å². The first-order chi connectivity index (χ1) is 14.1. The van der Waals surface area contributed by atoms with Crippen molar-refractivity contribution in [3.8, 4) is 0 Å². The van der Waals surface area contributed by atoms with Crippen molar-refractivity contribution in [3.63, 3.8) is 0 Å². The highest BCUT2D eigenvalue weighted by atomic mass is 16.5. The van der Waals surface area contributed by atoms with Gasteiger partial charge >= 0.3 is 0 Å². The van der Waals surface area contributed by atoms with Gasteiger partial charge in [-0.2, -0.15) is 0 Å². The number of nitrogens with two attached hydrogens (primary N) is 2. The third-order valence-electron chi connectivity index (χ3n) is 5.84. The van der Waals surface area contributed by atoms with Gasteiger partial charge in [-0.15, -0.1) is 0 Å². The minimum absolute atomic E-state index is 0.110. The first-order valence-corrected chi connectivity index (χ1v) is 9.67. The van der Waals surface area contributed by atoms with Crippen LogP contribution in [0.4, 0.5) is 17.1 Å². The van der Waals surface area contributed by atoms with Crippen molar-refractivity contribution in [1.29, 1.82) is 0 Å². The molecule has 6 heteroatoms. The molecule has 1 aliphatic carbocycles. The zero-order chi connectivity index (χ0) is 22.2. The number of aliphatic imine (C=N–C) groups is 1. The Bertz CT molecular complexity index is 1140. The molecule has 1 aliphatic rings. The Hall–Kier alpha value is -3.54. The average molecular weight is 405 g/mol. The number of hydrogen-bond acceptors (Lipinski definition) is 6. The van der Waals surface area contributed by atoms with E-state index in [9.17, 15) is 9.90 Å². The van der Waals surface area contributed by atoms with Crippen molar-refractivity contribution in [2.75, 3.05) is 18.6 Å². The van der Waals surface area contributed by atoms with Gasteiger partial charge in [0.2, 0.25) is 11.5 Å². The maximum atomic E-state index is 12.8. The van der Waals surface area contributed by atoms with Crippen molar-refractivity contribution in [2.45, 2.75) is 34.1 Å². The van der Waals surface area contributed by atoms with Gasteiger partial charge < -0.3 is 21.3 Å². The number of aliphatic hydroxyl groups excluding tert-OH is 1. The second-order valence-electron chi connectivity index (χ2n) is 7.54. The molecule has 0 saturated carbocycles. The number of benzene rings is 2. The van der Waals surface area contributed by atoms with Crippen molar-refractivity contribution < 1.29 is 14.6 Å². The number of nitrogens with zero attached hydrogens (tertiary/aromatic N) is 1. The van der Waals surface area contributed by atoms with Crippen LogP contribution in [0.3, 0.4) is 0 Å². The number of hydrogen-bond donors (Lipinski definition) is 3. The van der Waals surface area contributed by atoms with Gasteiger partial charge in [0.1, 0.15) is 5.71 Å². The Kier molecular flexibility index (Phi) is 5.69. The Morgan fingerprint density at radius 3 is 2.17 bits per heavy atom. The van der Waals surface area contributed by atoms with Crippen molar-refractivity contribution in [2.24, 2.45) is 4.99 Å². The van der Waals surface area contributed by atoms with Crippen LogP contribution in [0.15, 0.2) is 52.4 Å². The lowest BCUT2D eigenvalue weighted by molar-refractivity contribution is -0.112. The number of anilines is 2. The highest BCUT2D eigenvalue weighted by Gasteiger charge is 2.29. The lowest BCUT2D eigenvalue weighted by Crippen LogP contribution is -2.23. The Balaban J connectivity index is 2.10. The number of carbonyl (C=O) groups is 1. The molecule has 0 heterocycles. The Morgan fingerprint density at radius 2 is 1.53 bits per heavy atom. The van der Waals surface area contributed by atoms with E-state index in [1.165, 1.54) is 7.11 Å². The molecule has 0 atom stereocenters. The van der Waals surface area contributed by atoms with Crippen LogP contribution in [0, 0.1) is 27.7 Å². The van der Waals surface area contributed by atoms with Gasteiger partial charge in [-0.25, -0.2) is 4.99 Å². The molecule has 30 heavy (non-hydrogen) atoms. The monoisotopic (exact) mass is 405 g/mol. The summed E-state index contributed by atoms with van der Waals surface area (Å²) >= 11 is 0. The minimum Gasteiger partial charge on any atom is -0.504 e. The van der Waals surface area contributed by atoms with Gasteiger partial charge in [0.15, 0.2) is 5.76 Å². The first-order valence-electron chi connectivity index (χ1n) is 9.67. The lowest BCUT2D eigenvalue weighted by atomic mass is 9.91. The van der Waals surface area contributed by atoms with Crippen LogP contribution in [0.2, 0.25) is 0 Å². The number of Topliss-reactive ketones (excluding diaryl/α,β-unsaturated/α-hetero) is 1. The molecule has 3 rings (SSSR count). The second-order valence-corrected chi connectivity index (χ2v) is 7.54. The lowest BCUT2D eigenvalue weighted by Gasteiger charge is -2.19. The smallest absolute Gasteiger partial charge is 0.249 e. The second kappa shape index (κ2) is 8.06. The van der Waals surface area contributed by atoms with Crippen molar-refractivity contribution >= 4 is 28.6 Å². The number of nitrogen functional groups attached to an aromatic ring is 2. The van der Waals surface area contributed by atoms with Crippen LogP contribution in [-0.4, -0.2) is 23.7 Å². The van der Waals surface area contributed by atoms with E-state index in [0.29, 0.717) is 23.4 Å². The van der Waals surface area contributed by atoms with Crippen LogP contribution >= 0.6 is 0 Å². The maximum Gasteiger partial charge on any atom is 0.249 e. The Labute approximate surface area is 176 Å². The fraction of sp³-hybridized carbons (Fsp3) is 0.250. The molecule has 0 radical (unpaired) electrons. The number of ketones is 1. The highest BCUT2D eigenvalue weighted by molar-refractivity contribution is 6.50. The number of methoxy groups -OCH3 is 1. The van der Waals surface area contributed by atoms with Gasteiger partial charge in [0.25, 0.3) is 0 Å². The van der Waals surface area contributed by atoms with Crippen LogP contribution in [0.1, 0.15) is 27.8 Å². The van der Waals surface area contributed by atoms with Crippen LogP contribution in [0.25, 0.3) is 0 Å². The molecule has 0 spiro atoms. The fourth-order valence-electron chi connectivity index (χ4n) is 3.45. The largest absolute Gasteiger partial charge is 0.504 e. The van der Waals surface area contributed by atoms with E-state index < -0.39 is 5.78 Å². The summed E-state index contributed by atoms with van der Waals surface area (Å²) in [5, 5.41) is 10.7. The molecular formula is C24H27N3O3. The summed E-state index contributed by atoms with van der Waals surface area (Å²) in [6, 6.07) is 7.33. The maximum absolute atomic E-state index is 12.8. The molecule has 0 bridgehead atoms. The highest BCUT2D eigenvalue weighted by Crippen LogP contribution is 2.30. The molecule has 0 amide bonds. The molecule has 156 valence electrons. The van der Waals surface area contributed by atoms with E-state index in [1.54, 1.807) is 18.2 Å². The predicted molar refractivity (Wildman–Crippen MR) is 121 cm³/mol. The van der Waals surface area contributed by atoms with Crippen molar-refractivity contribution in [3.05, 3.63) is 75.3 Å². The molecular weight excluding hydrogens is 378 g/mol. The number of aliphatic hydroxyl groups is 1. The SMILES string of the molecule is COC1=C(O)C(Cc2ccc(N)c(C)c2C)=CC(=Nc2ccc(N)c(C)c2C)C1=O. The molecule has 5 N–H and O–H groups in total. The zero-order valence-electron chi connectivity index (χ0n) is 18.0. The third-order valence-corrected chi connectivity index (χ3v) is 5.84. The molecule has 2 aromatic carbocycles. The number of carbonyl (C=O) groups excluding carboxylic acids is 1. The third kappa shape index (κ3) is 3.68. The number of allylic oxidation sites excluding steroid dienone is 3. The molecule has 0 unspecified atom stereocenters. The molecule has 6 nitrogen and oxygen atoms in total. The van der Waals surface area contributed by atoms with Gasteiger partial charge in [-0.3, -0.25) is 4.79 Å². The summed E-state index contributed by atoms with van der Waals surface area (Å²) in [5.74, 6) is -0.737. The quantitative estimate of drug-likeness (QED) is 0.518. The summed E-state index contributed by atoms with van der Waals surface area (Å²) < 4.78 is 5.22. The molecule has 2 aromatic rings. The van der Waals surface area contributed by atoms with E-state index in [2.05, 4.69) is 4.99 Å². The number of ether oxygens (including phenoxy) is 1. The van der Waals surface area contributed by atoms with Crippen molar-refractivity contribution in [1.82, 2.24) is 0 Å². The van der Waals surface area contributed by atoms with Crippen LogP contribution in [0.5, 0.6) is 0 Å². The molecule has 0 fully saturated rings. The molecule has 0 saturated heterocycles. The normalized spacial score (nSPS) is 15.6. The van der Waals surface area contributed by atoms with Gasteiger partial charge in [0.05, 0.1) is 12.8 Å². The average Bonchev–Trinajstić information content (AvgIpc) is 2.72. The fourth-order valence-corrected chi connectivity index (χ4v) is 3.45. The summed E-state index contributed by atoms with van der Waals surface area (Å²) in [4.78, 5) is 17.4. The molecule has 0 aliphatic heterocycles. The van der Waals surface area contributed by atoms with Gasteiger partial charge in [0, 0.05) is 23.4 Å². The Morgan fingerprint density at radius 1 is 0.933 bits per heavy atom. The number of rotatable bonds is 4. The minimum atomic E-state index is -0.460. The van der Waals surface area contributed by atoms with Crippen LogP contribution in [-0.2, 0) is 16.0 Å². The summed E-state index contributed by atoms with van der Waals surface area (Å²) in [6.07, 6.45) is 2.04. The summed E-state index contributed by atoms with van der Waals surface area (Å²) in [6.45, 7) is 7.77. The predicted octanol–water partition coefficient (Wildman–Crippen LogP) is 4.32. The summed E-state index contributed by atoms with van der Waals surface area (Å²) in [7, 11) is 1.36. The van der Waals surface area contributed by atoms with E-state index in [-0.39, 0.29) is 17.2 Å². The van der Waals surface area contributed by atoms with Gasteiger partial charge in [-0.05, 0) is 79.8 Å². The van der Waals surface area contributed by atoms with Crippen LogP contribution < -0.4 is 11.5 Å². The standard InChI is InChI=1S/C24H27N3O3/c1-12-13(2)18(25)7-6-16(12)10-17-11-21(23(29)24(30-5)22(17)28)27-20-9-8-19(26)14(3)15(20)4/h6-9,11,28H,10,25-26H2,1-5H3. The first kappa shape index (κ1) is 21.2. The zero-order valence-corrected chi connectivity index (χ0v) is 18.0. The van der Waals surface area contributed by atoms with E-state index >= 15 is 0 Å². The van der Waals surface area contributed by atoms with E-state index in [4.69, 9.17) is 16.2 Å². The molecule has 0 aromatic heterocycles. The topological polar surface area (TPSA) is 111 Å².